The fourth-order valence-electron chi connectivity index (χ4n) is 4.64. The molecule has 4 rings (SSSR count). The predicted molar refractivity (Wildman–Crippen MR) is 106 cm³/mol. The zero-order valence-electron chi connectivity index (χ0n) is 16.6. The van der Waals surface area contributed by atoms with Crippen LogP contribution < -0.4 is 26.9 Å². The molecule has 7 heteroatoms. The van der Waals surface area contributed by atoms with Crippen LogP contribution in [0.1, 0.15) is 36.0 Å². The van der Waals surface area contributed by atoms with Gasteiger partial charge in [0.2, 0.25) is 0 Å². The molecular formula is C23H25F3IN2O-. The summed E-state index contributed by atoms with van der Waals surface area (Å²) in [7, 11) is 0. The third kappa shape index (κ3) is 4.23. The molecule has 2 aliphatic heterocycles. The van der Waals surface area contributed by atoms with E-state index in [-0.39, 0.29) is 39.7 Å². The van der Waals surface area contributed by atoms with E-state index in [1.165, 1.54) is 6.07 Å². The van der Waals surface area contributed by atoms with Crippen LogP contribution in [0.2, 0.25) is 0 Å². The van der Waals surface area contributed by atoms with E-state index in [9.17, 15) is 18.0 Å². The standard InChI is InChI=1S/C23H25F3IN2O/c24-23(25,26)18-6-5-16-8-11-29(15-17(16)12-18)21(30)22(9-7-20(28)13-22)19-4-2-1-3-10-27-14-19/h1-6,12,14,20H,7-11,13,15,28H2/q-1. The van der Waals surface area contributed by atoms with Crippen LogP contribution in [0.4, 0.5) is 13.2 Å². The maximum atomic E-state index is 13.8. The second-order valence-corrected chi connectivity index (χ2v) is 10.6. The third-order valence-electron chi connectivity index (χ3n) is 6.24. The van der Waals surface area contributed by atoms with E-state index in [0.717, 1.165) is 28.1 Å². The van der Waals surface area contributed by atoms with E-state index >= 15 is 0 Å². The van der Waals surface area contributed by atoms with Gasteiger partial charge in [-0.3, -0.25) is 0 Å². The van der Waals surface area contributed by atoms with Gasteiger partial charge in [-0.15, -0.1) is 0 Å². The van der Waals surface area contributed by atoms with Crippen LogP contribution in [-0.2, 0) is 23.9 Å². The Kier molecular flexibility index (Phi) is 6.12. The fraction of sp³-hybridized carbons (Fsp3) is 0.435. The summed E-state index contributed by atoms with van der Waals surface area (Å²) in [5.74, 6) is 0.0166. The van der Waals surface area contributed by atoms with Gasteiger partial charge < -0.3 is 0 Å². The maximum absolute atomic E-state index is 13.8. The Labute approximate surface area is 185 Å². The van der Waals surface area contributed by atoms with Crippen molar-refractivity contribution >= 4 is 5.91 Å². The van der Waals surface area contributed by atoms with Gasteiger partial charge in [-0.2, -0.15) is 0 Å². The molecule has 0 spiro atoms. The van der Waals surface area contributed by atoms with Crippen molar-refractivity contribution in [2.45, 2.75) is 44.4 Å². The van der Waals surface area contributed by atoms with Crippen LogP contribution in [0.3, 0.4) is 0 Å². The number of halogens is 4. The molecule has 1 amide bonds. The number of rotatable bonds is 2. The predicted octanol–water partition coefficient (Wildman–Crippen LogP) is 1.19. The Balaban J connectivity index is 1.64. The Morgan fingerprint density at radius 3 is 2.80 bits per heavy atom. The van der Waals surface area contributed by atoms with Gasteiger partial charge in [0.15, 0.2) is 0 Å². The van der Waals surface area contributed by atoms with Crippen LogP contribution in [0, 0.1) is 5.41 Å². The van der Waals surface area contributed by atoms with Crippen molar-refractivity contribution in [2.75, 3.05) is 11.0 Å². The van der Waals surface area contributed by atoms with Crippen LogP contribution in [0.5, 0.6) is 0 Å². The molecule has 162 valence electrons. The van der Waals surface area contributed by atoms with E-state index in [4.69, 9.17) is 5.73 Å². The van der Waals surface area contributed by atoms with Gasteiger partial charge in [-0.25, -0.2) is 0 Å². The average molecular weight is 529 g/mol. The van der Waals surface area contributed by atoms with Crippen LogP contribution in [0.25, 0.3) is 0 Å². The first-order valence-electron chi connectivity index (χ1n) is 10.2. The number of carbonyl (C=O) groups is 1. The Morgan fingerprint density at radius 2 is 2.07 bits per heavy atom. The number of nitrogens with zero attached hydrogens (tertiary/aromatic N) is 1. The van der Waals surface area contributed by atoms with Gasteiger partial charge in [0.1, 0.15) is 0 Å². The molecule has 2 atom stereocenters. The third-order valence-corrected chi connectivity index (χ3v) is 8.37. The van der Waals surface area contributed by atoms with Gasteiger partial charge in [-0.05, 0) is 0 Å². The summed E-state index contributed by atoms with van der Waals surface area (Å²) in [4.78, 5) is 15.6. The summed E-state index contributed by atoms with van der Waals surface area (Å²) in [6.07, 6.45) is 6.46. The molecular weight excluding hydrogens is 504 g/mol. The summed E-state index contributed by atoms with van der Waals surface area (Å²) >= 11 is -0.177. The molecule has 1 fully saturated rings. The van der Waals surface area contributed by atoms with Gasteiger partial charge in [-0.1, -0.05) is 0 Å². The van der Waals surface area contributed by atoms with Crippen molar-refractivity contribution in [1.29, 1.82) is 0 Å². The summed E-state index contributed by atoms with van der Waals surface area (Å²) in [6.45, 7) is 0.751. The van der Waals surface area contributed by atoms with Crippen molar-refractivity contribution in [3.05, 3.63) is 68.8 Å². The molecule has 0 saturated heterocycles. The van der Waals surface area contributed by atoms with Gasteiger partial charge in [0, 0.05) is 0 Å². The van der Waals surface area contributed by atoms with Crippen molar-refractivity contribution in [3.8, 4) is 0 Å². The van der Waals surface area contributed by atoms with Crippen molar-refractivity contribution in [3.63, 3.8) is 0 Å². The molecule has 2 N–H and O–H groups in total. The van der Waals surface area contributed by atoms with E-state index in [1.54, 1.807) is 11.0 Å². The normalized spacial score (nSPS) is 27.0. The molecule has 3 nitrogen and oxygen atoms in total. The number of amides is 1. The molecule has 1 aromatic carbocycles. The molecule has 0 aromatic heterocycles. The van der Waals surface area contributed by atoms with Gasteiger partial charge >= 0.3 is 185 Å². The van der Waals surface area contributed by atoms with Crippen molar-refractivity contribution in [2.24, 2.45) is 11.1 Å². The number of allylic oxidation sites excluding steroid dienone is 4. The Hall–Kier alpha value is -1.61. The zero-order chi connectivity index (χ0) is 21.4. The van der Waals surface area contributed by atoms with Crippen molar-refractivity contribution in [1.82, 2.24) is 4.90 Å². The quantitative estimate of drug-likeness (QED) is 0.463. The second kappa shape index (κ2) is 8.49. The second-order valence-electron chi connectivity index (χ2n) is 8.20. The number of fused-ring (bicyclic) bond motifs is 1. The molecule has 2 unspecified atom stereocenters. The SMILES string of the molecule is NC1CCC(C(=O)N2CCc3ccc(C(F)(F)F)cc3C2)(C2=C[I-]CC=CC=C2)C1. The molecule has 1 aliphatic carbocycles. The Morgan fingerprint density at radius 1 is 1.23 bits per heavy atom. The molecule has 0 bridgehead atoms. The van der Waals surface area contributed by atoms with Crippen LogP contribution in [0.15, 0.2) is 52.2 Å². The van der Waals surface area contributed by atoms with Gasteiger partial charge in [0.25, 0.3) is 0 Å². The zero-order valence-corrected chi connectivity index (χ0v) is 18.7. The topological polar surface area (TPSA) is 46.3 Å². The molecule has 30 heavy (non-hydrogen) atoms. The summed E-state index contributed by atoms with van der Waals surface area (Å²) in [5, 5.41) is 0. The number of nitrogens with two attached hydrogens (primary N) is 1. The van der Waals surface area contributed by atoms with E-state index in [0.29, 0.717) is 31.4 Å². The summed E-state index contributed by atoms with van der Waals surface area (Å²) in [5.41, 5.74) is 7.48. The minimum atomic E-state index is -4.38. The minimum absolute atomic E-state index is 0.0166. The van der Waals surface area contributed by atoms with E-state index in [2.05, 4.69) is 10.2 Å². The number of benzene rings is 1. The monoisotopic (exact) mass is 529 g/mol. The summed E-state index contributed by atoms with van der Waals surface area (Å²) < 4.78 is 42.8. The molecule has 1 aromatic rings. The first-order chi connectivity index (χ1) is 14.3. The van der Waals surface area contributed by atoms with Crippen LogP contribution in [-0.4, -0.2) is 27.8 Å². The number of carbonyl (C=O) groups excluding carboxylic acids is 1. The number of hydrogen-bond acceptors (Lipinski definition) is 2. The molecule has 0 radical (unpaired) electrons. The van der Waals surface area contributed by atoms with E-state index < -0.39 is 17.2 Å². The molecule has 2 heterocycles. The summed E-state index contributed by atoms with van der Waals surface area (Å²) in [6, 6.07) is 3.86. The number of alkyl halides is 4. The van der Waals surface area contributed by atoms with E-state index in [1.807, 2.05) is 18.2 Å². The van der Waals surface area contributed by atoms with Crippen LogP contribution >= 0.6 is 0 Å². The average Bonchev–Trinajstić information content (AvgIpc) is 3.08. The first kappa shape index (κ1) is 21.6. The first-order valence-corrected chi connectivity index (χ1v) is 12.9. The fourth-order valence-corrected chi connectivity index (χ4v) is 6.76. The molecule has 3 aliphatic rings. The molecule has 1 saturated carbocycles. The Bertz CT molecular complexity index is 922. The number of hydrogen-bond donors (Lipinski definition) is 1. The van der Waals surface area contributed by atoms with Crippen molar-refractivity contribution < 1.29 is 39.2 Å². The van der Waals surface area contributed by atoms with Gasteiger partial charge in [0.05, 0.1) is 0 Å².